The zero-order valence-corrected chi connectivity index (χ0v) is 14.9. The van der Waals surface area contributed by atoms with Crippen molar-refractivity contribution in [2.75, 3.05) is 20.8 Å². The third-order valence-corrected chi connectivity index (χ3v) is 4.32. The van der Waals surface area contributed by atoms with Crippen molar-refractivity contribution in [3.63, 3.8) is 0 Å². The number of methoxy groups -OCH3 is 2. The smallest absolute Gasteiger partial charge is 0.337 e. The number of hydrogen-bond donors (Lipinski definition) is 1. The molecule has 0 saturated heterocycles. The van der Waals surface area contributed by atoms with E-state index >= 15 is 0 Å². The molecule has 1 atom stereocenters. The highest BCUT2D eigenvalue weighted by atomic mass is 32.1. The average molecular weight is 348 g/mol. The topological polar surface area (TPSA) is 67.9 Å². The van der Waals surface area contributed by atoms with Gasteiger partial charge in [0.15, 0.2) is 5.11 Å². The van der Waals surface area contributed by atoms with E-state index in [4.69, 9.17) is 21.7 Å². The fraction of sp³-hybridized carbons (Fsp3) is 0.353. The predicted octanol–water partition coefficient (Wildman–Crippen LogP) is 2.17. The van der Waals surface area contributed by atoms with Crippen LogP contribution in [0.4, 0.5) is 0 Å². The molecule has 6 nitrogen and oxygen atoms in total. The highest BCUT2D eigenvalue weighted by Gasteiger charge is 2.33. The van der Waals surface area contributed by atoms with E-state index in [1.54, 1.807) is 24.3 Å². The zero-order chi connectivity index (χ0) is 17.9. The normalized spacial score (nSPS) is 17.4. The number of esters is 2. The van der Waals surface area contributed by atoms with Crippen LogP contribution in [-0.2, 0) is 14.3 Å². The van der Waals surface area contributed by atoms with Gasteiger partial charge in [0.25, 0.3) is 0 Å². The molecule has 1 N–H and O–H groups in total. The third kappa shape index (κ3) is 3.26. The van der Waals surface area contributed by atoms with Gasteiger partial charge in [-0.15, -0.1) is 0 Å². The van der Waals surface area contributed by atoms with Gasteiger partial charge in [-0.3, -0.25) is 0 Å². The van der Waals surface area contributed by atoms with Crippen LogP contribution < -0.4 is 5.32 Å². The molecule has 0 spiro atoms. The molecule has 0 aromatic heterocycles. The molecule has 1 aliphatic heterocycles. The first kappa shape index (κ1) is 17.9. The second-order valence-corrected chi connectivity index (χ2v) is 5.62. The van der Waals surface area contributed by atoms with Crippen LogP contribution >= 0.6 is 12.2 Å². The van der Waals surface area contributed by atoms with Crippen LogP contribution in [0.3, 0.4) is 0 Å². The summed E-state index contributed by atoms with van der Waals surface area (Å²) in [4.78, 5) is 25.7. The van der Waals surface area contributed by atoms with Crippen molar-refractivity contribution in [1.82, 2.24) is 10.2 Å². The molecule has 0 amide bonds. The number of nitrogens with one attached hydrogen (secondary N) is 1. The highest BCUT2D eigenvalue weighted by Crippen LogP contribution is 2.31. The van der Waals surface area contributed by atoms with Crippen molar-refractivity contribution in [3.8, 4) is 0 Å². The molecule has 1 aliphatic rings. The Labute approximate surface area is 146 Å². The molecule has 128 valence electrons. The summed E-state index contributed by atoms with van der Waals surface area (Å²) in [6.45, 7) is 4.45. The monoisotopic (exact) mass is 348 g/mol. The van der Waals surface area contributed by atoms with Crippen LogP contribution in [-0.4, -0.2) is 42.7 Å². The van der Waals surface area contributed by atoms with Gasteiger partial charge in [-0.25, -0.2) is 9.59 Å². The van der Waals surface area contributed by atoms with Crippen LogP contribution in [0.25, 0.3) is 0 Å². The van der Waals surface area contributed by atoms with Crippen molar-refractivity contribution < 1.29 is 19.1 Å². The van der Waals surface area contributed by atoms with E-state index in [-0.39, 0.29) is 0 Å². The number of benzene rings is 1. The number of carbonyl (C=O) groups is 2. The number of nitrogens with zero attached hydrogens (tertiary/aromatic N) is 1. The summed E-state index contributed by atoms with van der Waals surface area (Å²) in [6, 6.07) is 6.42. The molecule has 7 heteroatoms. The molecule has 0 radical (unpaired) electrons. The second-order valence-electron chi connectivity index (χ2n) is 5.23. The Kier molecular flexibility index (Phi) is 5.56. The Morgan fingerprint density at radius 1 is 1.17 bits per heavy atom. The van der Waals surface area contributed by atoms with Gasteiger partial charge in [-0.05, 0) is 43.8 Å². The lowest BCUT2D eigenvalue weighted by Crippen LogP contribution is -2.47. The minimum Gasteiger partial charge on any atom is -0.466 e. The quantitative estimate of drug-likeness (QED) is 0.661. The van der Waals surface area contributed by atoms with E-state index in [0.717, 1.165) is 11.3 Å². The van der Waals surface area contributed by atoms with E-state index < -0.39 is 18.0 Å². The first-order valence-electron chi connectivity index (χ1n) is 7.50. The fourth-order valence-electron chi connectivity index (χ4n) is 2.72. The van der Waals surface area contributed by atoms with Crippen LogP contribution in [0.2, 0.25) is 0 Å². The first-order valence-corrected chi connectivity index (χ1v) is 7.90. The van der Waals surface area contributed by atoms with Gasteiger partial charge in [-0.2, -0.15) is 0 Å². The zero-order valence-electron chi connectivity index (χ0n) is 14.1. The van der Waals surface area contributed by atoms with Gasteiger partial charge < -0.3 is 19.7 Å². The van der Waals surface area contributed by atoms with Gasteiger partial charge in [-0.1, -0.05) is 12.1 Å². The van der Waals surface area contributed by atoms with Gasteiger partial charge in [0.1, 0.15) is 0 Å². The Hall–Kier alpha value is -2.41. The summed E-state index contributed by atoms with van der Waals surface area (Å²) in [5, 5.41) is 3.72. The number of allylic oxidation sites excluding steroid dienone is 1. The average Bonchev–Trinajstić information content (AvgIpc) is 2.60. The summed E-state index contributed by atoms with van der Waals surface area (Å²) in [5.41, 5.74) is 2.50. The third-order valence-electron chi connectivity index (χ3n) is 3.98. The predicted molar refractivity (Wildman–Crippen MR) is 93.4 cm³/mol. The van der Waals surface area contributed by atoms with Gasteiger partial charge >= 0.3 is 11.9 Å². The maximum absolute atomic E-state index is 12.3. The second kappa shape index (κ2) is 7.44. The van der Waals surface area contributed by atoms with Crippen molar-refractivity contribution >= 4 is 29.3 Å². The Balaban J connectivity index is 2.47. The molecule has 2 rings (SSSR count). The summed E-state index contributed by atoms with van der Waals surface area (Å²) < 4.78 is 9.63. The largest absolute Gasteiger partial charge is 0.466 e. The van der Waals surface area contributed by atoms with Crippen LogP contribution in [0.15, 0.2) is 35.5 Å². The Bertz CT molecular complexity index is 697. The van der Waals surface area contributed by atoms with Gasteiger partial charge in [0.2, 0.25) is 0 Å². The van der Waals surface area contributed by atoms with Gasteiger partial charge in [0.05, 0.1) is 31.4 Å². The van der Waals surface area contributed by atoms with Gasteiger partial charge in [0, 0.05) is 12.2 Å². The maximum Gasteiger partial charge on any atom is 0.337 e. The van der Waals surface area contributed by atoms with Crippen LogP contribution in [0.5, 0.6) is 0 Å². The Morgan fingerprint density at radius 3 is 2.25 bits per heavy atom. The van der Waals surface area contributed by atoms with E-state index in [1.165, 1.54) is 14.2 Å². The standard InChI is InChI=1S/C17H20N2O4S/c1-5-19-10(2)13(16(21)23-4)14(18-17(19)24)11-6-8-12(9-7-11)15(20)22-3/h6-9,14H,5H2,1-4H3,(H,18,24)/t14-/m0/s1. The molecule has 0 fully saturated rings. The summed E-state index contributed by atoms with van der Waals surface area (Å²) in [5.74, 6) is -0.825. The first-order chi connectivity index (χ1) is 11.4. The molecule has 0 bridgehead atoms. The molecule has 1 aromatic rings. The minimum absolute atomic E-state index is 0.411. The van der Waals surface area contributed by atoms with Crippen molar-refractivity contribution in [1.29, 1.82) is 0 Å². The number of rotatable bonds is 4. The Morgan fingerprint density at radius 2 is 1.75 bits per heavy atom. The lowest BCUT2D eigenvalue weighted by molar-refractivity contribution is -0.136. The lowest BCUT2D eigenvalue weighted by atomic mass is 9.94. The number of ether oxygens (including phenoxy) is 2. The molecule has 0 unspecified atom stereocenters. The van der Waals surface area contributed by atoms with Crippen LogP contribution in [0, 0.1) is 0 Å². The molecule has 0 saturated carbocycles. The highest BCUT2D eigenvalue weighted by molar-refractivity contribution is 7.80. The SMILES string of the molecule is CCN1C(=S)N[C@@H](c2ccc(C(=O)OC)cc2)C(C(=O)OC)=C1C. The fourth-order valence-corrected chi connectivity index (χ4v) is 3.10. The van der Waals surface area contributed by atoms with E-state index in [9.17, 15) is 9.59 Å². The molecular formula is C17H20N2O4S. The number of carbonyl (C=O) groups excluding carboxylic acids is 2. The summed E-state index contributed by atoms with van der Waals surface area (Å²) in [6.07, 6.45) is 0. The number of thiocarbonyl (C=S) groups is 1. The molecule has 1 heterocycles. The van der Waals surface area contributed by atoms with E-state index in [0.29, 0.717) is 22.8 Å². The molecular weight excluding hydrogens is 328 g/mol. The molecule has 0 aliphatic carbocycles. The summed E-state index contributed by atoms with van der Waals surface area (Å²) in [7, 11) is 2.68. The lowest BCUT2D eigenvalue weighted by Gasteiger charge is -2.36. The van der Waals surface area contributed by atoms with Crippen LogP contribution in [0.1, 0.15) is 35.8 Å². The maximum atomic E-state index is 12.3. The molecule has 24 heavy (non-hydrogen) atoms. The van der Waals surface area contributed by atoms with Crippen molar-refractivity contribution in [2.24, 2.45) is 0 Å². The molecule has 1 aromatic carbocycles. The van der Waals surface area contributed by atoms with Crippen molar-refractivity contribution in [2.45, 2.75) is 19.9 Å². The minimum atomic E-state index is -0.431. The van der Waals surface area contributed by atoms with E-state index in [2.05, 4.69) is 5.32 Å². The van der Waals surface area contributed by atoms with Crippen molar-refractivity contribution in [3.05, 3.63) is 46.7 Å². The van der Waals surface area contributed by atoms with E-state index in [1.807, 2.05) is 18.7 Å². The summed E-state index contributed by atoms with van der Waals surface area (Å²) >= 11 is 5.40. The number of hydrogen-bond acceptors (Lipinski definition) is 5.